The first-order chi connectivity index (χ1) is 17.0. The van der Waals surface area contributed by atoms with Crippen molar-refractivity contribution in [2.24, 2.45) is 11.1 Å². The molecule has 0 bridgehead atoms. The van der Waals surface area contributed by atoms with Crippen LogP contribution in [-0.2, 0) is 12.0 Å². The Morgan fingerprint density at radius 1 is 0.943 bits per heavy atom. The zero-order chi connectivity index (χ0) is 24.4. The van der Waals surface area contributed by atoms with E-state index in [9.17, 15) is 9.70 Å². The van der Waals surface area contributed by atoms with Gasteiger partial charge in [-0.1, -0.05) is 86.6 Å². The monoisotopic (exact) mass is 467 g/mol. The number of fused-ring (bicyclic) bond motifs is 1. The van der Waals surface area contributed by atoms with Crippen LogP contribution in [0.5, 0.6) is 0 Å². The van der Waals surface area contributed by atoms with Crippen molar-refractivity contribution in [3.63, 3.8) is 0 Å². The molecule has 2 heterocycles. The van der Waals surface area contributed by atoms with E-state index in [1.807, 2.05) is 12.1 Å². The molecule has 1 amide bonds. The highest BCUT2D eigenvalue weighted by molar-refractivity contribution is 5.94. The highest BCUT2D eigenvalue weighted by Crippen LogP contribution is 2.45. The summed E-state index contributed by atoms with van der Waals surface area (Å²) in [5.74, 6) is -0.289. The number of carbonyl (C=O) groups is 1. The molecule has 0 radical (unpaired) electrons. The SMILES string of the molecule is CC1CN2CC(c3ccccc3)N(Cc3ccccc3)CC2C[C@@]1(C)c1cccc(C(=O)N=O)c1. The summed E-state index contributed by atoms with van der Waals surface area (Å²) in [5.41, 5.74) is 4.13. The van der Waals surface area contributed by atoms with E-state index in [1.165, 1.54) is 11.1 Å². The van der Waals surface area contributed by atoms with Gasteiger partial charge in [0.1, 0.15) is 0 Å². The van der Waals surface area contributed by atoms with E-state index >= 15 is 0 Å². The largest absolute Gasteiger partial charge is 0.316 e. The van der Waals surface area contributed by atoms with E-state index in [-0.39, 0.29) is 5.41 Å². The predicted molar refractivity (Wildman–Crippen MR) is 139 cm³/mol. The number of amides is 1. The molecule has 0 spiro atoms. The summed E-state index contributed by atoms with van der Waals surface area (Å²) in [4.78, 5) is 28.1. The third kappa shape index (κ3) is 4.71. The number of hydrogen-bond donors (Lipinski definition) is 0. The Hall–Kier alpha value is -3.15. The van der Waals surface area contributed by atoms with Gasteiger partial charge in [-0.15, -0.1) is 4.91 Å². The van der Waals surface area contributed by atoms with Crippen LogP contribution in [0.2, 0.25) is 0 Å². The van der Waals surface area contributed by atoms with Gasteiger partial charge >= 0.3 is 5.91 Å². The summed E-state index contributed by atoms with van der Waals surface area (Å²) >= 11 is 0. The molecule has 2 saturated heterocycles. The first-order valence-corrected chi connectivity index (χ1v) is 12.5. The standard InChI is InChI=1S/C30H33N3O2/c1-22-18-32-21-28(24-12-7-4-8-13-24)33(19-23-10-5-3-6-11-23)20-27(32)17-30(22,2)26-15-9-14-25(16-26)29(34)31-35/h3-16,22,27-28H,17-21H2,1-2H3/t22?,27?,28?,30-/m1/s1. The fourth-order valence-corrected chi connectivity index (χ4v) is 6.11. The Kier molecular flexibility index (Phi) is 6.63. The van der Waals surface area contributed by atoms with Crippen LogP contribution in [0.25, 0.3) is 0 Å². The predicted octanol–water partition coefficient (Wildman–Crippen LogP) is 5.82. The molecule has 3 aromatic rings. The fraction of sp³-hybridized carbons (Fsp3) is 0.367. The molecule has 0 aromatic heterocycles. The number of nitrogens with zero attached hydrogens (tertiary/aromatic N) is 3. The van der Waals surface area contributed by atoms with Crippen LogP contribution in [0.4, 0.5) is 0 Å². The van der Waals surface area contributed by atoms with Crippen molar-refractivity contribution in [3.8, 4) is 0 Å². The van der Waals surface area contributed by atoms with Gasteiger partial charge in [-0.2, -0.15) is 0 Å². The van der Waals surface area contributed by atoms with Crippen LogP contribution in [0.1, 0.15) is 53.4 Å². The highest BCUT2D eigenvalue weighted by Gasteiger charge is 2.46. The molecule has 5 rings (SSSR count). The number of rotatable bonds is 5. The summed E-state index contributed by atoms with van der Waals surface area (Å²) in [6, 6.07) is 29.9. The van der Waals surface area contributed by atoms with Gasteiger partial charge in [-0.25, -0.2) is 0 Å². The fourth-order valence-electron chi connectivity index (χ4n) is 6.11. The van der Waals surface area contributed by atoms with E-state index in [2.05, 4.69) is 95.6 Å². The van der Waals surface area contributed by atoms with Crippen LogP contribution in [-0.4, -0.2) is 41.4 Å². The maximum Gasteiger partial charge on any atom is 0.316 e. The molecule has 0 N–H and O–H groups in total. The summed E-state index contributed by atoms with van der Waals surface area (Å²) < 4.78 is 0. The lowest BCUT2D eigenvalue weighted by molar-refractivity contribution is -0.0351. The second kappa shape index (κ2) is 9.84. The van der Waals surface area contributed by atoms with Crippen LogP contribution >= 0.6 is 0 Å². The van der Waals surface area contributed by atoms with Gasteiger partial charge in [0, 0.05) is 49.0 Å². The quantitative estimate of drug-likeness (QED) is 0.444. The second-order valence-corrected chi connectivity index (χ2v) is 10.4. The minimum Gasteiger partial charge on any atom is -0.297 e. The van der Waals surface area contributed by atoms with E-state index in [4.69, 9.17) is 0 Å². The van der Waals surface area contributed by atoms with Crippen LogP contribution in [0.15, 0.2) is 90.1 Å². The Bertz CT molecular complexity index is 1180. The molecular weight excluding hydrogens is 434 g/mol. The average molecular weight is 468 g/mol. The van der Waals surface area contributed by atoms with Gasteiger partial charge in [0.25, 0.3) is 0 Å². The smallest absolute Gasteiger partial charge is 0.297 e. The summed E-state index contributed by atoms with van der Waals surface area (Å²) in [7, 11) is 0. The lowest BCUT2D eigenvalue weighted by Gasteiger charge is -2.55. The Labute approximate surface area is 207 Å². The summed E-state index contributed by atoms with van der Waals surface area (Å²) in [5, 5.41) is 2.64. The average Bonchev–Trinajstić information content (AvgIpc) is 2.90. The molecule has 2 aliphatic heterocycles. The number of carbonyl (C=O) groups excluding carboxylic acids is 1. The molecule has 2 aliphatic rings. The topological polar surface area (TPSA) is 53.0 Å². The maximum atomic E-state index is 12.0. The highest BCUT2D eigenvalue weighted by atomic mass is 16.3. The molecule has 5 nitrogen and oxygen atoms in total. The van der Waals surface area contributed by atoms with Crippen LogP contribution < -0.4 is 0 Å². The zero-order valence-corrected chi connectivity index (χ0v) is 20.5. The van der Waals surface area contributed by atoms with Crippen molar-refractivity contribution >= 4 is 5.91 Å². The maximum absolute atomic E-state index is 12.0. The molecule has 2 fully saturated rings. The minimum atomic E-state index is -0.696. The normalized spacial score (nSPS) is 27.2. The Balaban J connectivity index is 1.44. The first-order valence-electron chi connectivity index (χ1n) is 12.5. The molecule has 180 valence electrons. The van der Waals surface area contributed by atoms with Gasteiger partial charge in [-0.05, 0) is 46.6 Å². The summed E-state index contributed by atoms with van der Waals surface area (Å²) in [6.07, 6.45) is 1.01. The number of piperazine rings is 1. The number of piperidine rings is 1. The Morgan fingerprint density at radius 2 is 1.66 bits per heavy atom. The number of nitroso groups, excluding NO2 is 1. The van der Waals surface area contributed by atoms with Gasteiger partial charge in [-0.3, -0.25) is 14.6 Å². The molecule has 4 atom stereocenters. The van der Waals surface area contributed by atoms with Gasteiger partial charge in [0.05, 0.1) is 0 Å². The molecule has 5 heteroatoms. The first kappa shape index (κ1) is 23.6. The van der Waals surface area contributed by atoms with Crippen LogP contribution in [0, 0.1) is 10.8 Å². The molecule has 0 aliphatic carbocycles. The lowest BCUT2D eigenvalue weighted by atomic mass is 9.65. The van der Waals surface area contributed by atoms with Gasteiger partial charge in [0.2, 0.25) is 0 Å². The van der Waals surface area contributed by atoms with E-state index in [0.717, 1.165) is 38.2 Å². The molecular formula is C30H33N3O2. The molecule has 35 heavy (non-hydrogen) atoms. The van der Waals surface area contributed by atoms with Crippen molar-refractivity contribution < 1.29 is 4.79 Å². The zero-order valence-electron chi connectivity index (χ0n) is 20.5. The van der Waals surface area contributed by atoms with Crippen molar-refractivity contribution in [1.29, 1.82) is 0 Å². The number of hydrogen-bond acceptors (Lipinski definition) is 4. The third-order valence-corrected chi connectivity index (χ3v) is 8.33. The van der Waals surface area contributed by atoms with E-state index < -0.39 is 5.91 Å². The third-order valence-electron chi connectivity index (χ3n) is 8.33. The minimum absolute atomic E-state index is 0.0850. The lowest BCUT2D eigenvalue weighted by Crippen LogP contribution is -2.61. The molecule has 3 aromatic carbocycles. The van der Waals surface area contributed by atoms with Crippen molar-refractivity contribution in [1.82, 2.24) is 9.80 Å². The molecule has 0 saturated carbocycles. The van der Waals surface area contributed by atoms with Gasteiger partial charge < -0.3 is 0 Å². The number of benzene rings is 3. The second-order valence-electron chi connectivity index (χ2n) is 10.4. The van der Waals surface area contributed by atoms with Gasteiger partial charge in [0.15, 0.2) is 0 Å². The molecule has 3 unspecified atom stereocenters. The Morgan fingerprint density at radius 3 is 2.37 bits per heavy atom. The summed E-state index contributed by atoms with van der Waals surface area (Å²) in [6.45, 7) is 8.56. The van der Waals surface area contributed by atoms with Crippen LogP contribution in [0.3, 0.4) is 0 Å². The van der Waals surface area contributed by atoms with E-state index in [0.29, 0.717) is 23.6 Å². The van der Waals surface area contributed by atoms with Crippen molar-refractivity contribution in [3.05, 3.63) is 112 Å². The van der Waals surface area contributed by atoms with Crippen molar-refractivity contribution in [2.45, 2.75) is 44.3 Å². The van der Waals surface area contributed by atoms with E-state index in [1.54, 1.807) is 6.07 Å². The van der Waals surface area contributed by atoms with Crippen molar-refractivity contribution in [2.75, 3.05) is 19.6 Å².